The van der Waals surface area contributed by atoms with Crippen molar-refractivity contribution in [3.8, 4) is 11.8 Å². The van der Waals surface area contributed by atoms with Gasteiger partial charge in [0, 0.05) is 0 Å². The van der Waals surface area contributed by atoms with E-state index in [1.807, 2.05) is 6.07 Å². The predicted molar refractivity (Wildman–Crippen MR) is 79.8 cm³/mol. The zero-order valence-corrected chi connectivity index (χ0v) is 12.5. The number of halogens is 1. The first-order chi connectivity index (χ1) is 9.83. The largest absolute Gasteiger partial charge is 0.506 e. The fraction of sp³-hybridized carbons (Fsp3) is 0.0714. The number of nitriles is 1. The third-order valence-electron chi connectivity index (χ3n) is 2.75. The molecular formula is C14H11ClN2O3S. The van der Waals surface area contributed by atoms with Gasteiger partial charge in [0.15, 0.2) is 0 Å². The first-order valence-electron chi connectivity index (χ1n) is 5.85. The van der Waals surface area contributed by atoms with Gasteiger partial charge in [0.25, 0.3) is 10.0 Å². The molecule has 0 radical (unpaired) electrons. The van der Waals surface area contributed by atoms with E-state index in [4.69, 9.17) is 16.9 Å². The minimum Gasteiger partial charge on any atom is -0.506 e. The number of benzene rings is 2. The Morgan fingerprint density at radius 1 is 1.24 bits per heavy atom. The van der Waals surface area contributed by atoms with Gasteiger partial charge >= 0.3 is 0 Å². The Morgan fingerprint density at radius 3 is 2.52 bits per heavy atom. The van der Waals surface area contributed by atoms with Crippen molar-refractivity contribution in [3.05, 3.63) is 52.5 Å². The van der Waals surface area contributed by atoms with Crippen molar-refractivity contribution >= 4 is 27.3 Å². The van der Waals surface area contributed by atoms with Gasteiger partial charge in [0.05, 0.1) is 22.3 Å². The van der Waals surface area contributed by atoms with Gasteiger partial charge in [-0.1, -0.05) is 17.7 Å². The summed E-state index contributed by atoms with van der Waals surface area (Å²) in [6.45, 7) is 1.77. The highest BCUT2D eigenvalue weighted by atomic mass is 35.5. The number of nitrogens with zero attached hydrogens (tertiary/aromatic N) is 1. The average molecular weight is 323 g/mol. The number of phenols is 1. The molecule has 2 N–H and O–H groups in total. The Balaban J connectivity index is 2.41. The van der Waals surface area contributed by atoms with Crippen molar-refractivity contribution in [2.45, 2.75) is 11.8 Å². The Hall–Kier alpha value is -2.23. The first kappa shape index (κ1) is 15.2. The van der Waals surface area contributed by atoms with Gasteiger partial charge in [-0.25, -0.2) is 8.42 Å². The van der Waals surface area contributed by atoms with Crippen LogP contribution in [0.2, 0.25) is 5.02 Å². The van der Waals surface area contributed by atoms with Gasteiger partial charge in [0.2, 0.25) is 0 Å². The number of hydrogen-bond acceptors (Lipinski definition) is 4. The molecule has 21 heavy (non-hydrogen) atoms. The maximum absolute atomic E-state index is 12.3. The van der Waals surface area contributed by atoms with Crippen molar-refractivity contribution < 1.29 is 13.5 Å². The molecule has 108 valence electrons. The van der Waals surface area contributed by atoms with Gasteiger partial charge in [-0.15, -0.1) is 0 Å². The smallest absolute Gasteiger partial charge is 0.263 e. The number of aromatic hydroxyl groups is 1. The van der Waals surface area contributed by atoms with E-state index in [9.17, 15) is 13.5 Å². The highest BCUT2D eigenvalue weighted by molar-refractivity contribution is 7.92. The van der Waals surface area contributed by atoms with Gasteiger partial charge in [-0.3, -0.25) is 4.72 Å². The van der Waals surface area contributed by atoms with Gasteiger partial charge in [0.1, 0.15) is 10.6 Å². The van der Waals surface area contributed by atoms with E-state index < -0.39 is 10.0 Å². The number of anilines is 1. The fourth-order valence-corrected chi connectivity index (χ4v) is 3.34. The van der Waals surface area contributed by atoms with Gasteiger partial charge in [-0.05, 0) is 42.8 Å². The zero-order valence-electron chi connectivity index (χ0n) is 11.0. The monoisotopic (exact) mass is 322 g/mol. The molecule has 0 spiro atoms. The molecule has 0 aliphatic rings. The molecular weight excluding hydrogens is 312 g/mol. The first-order valence-corrected chi connectivity index (χ1v) is 7.71. The van der Waals surface area contributed by atoms with E-state index in [1.165, 1.54) is 30.3 Å². The Morgan fingerprint density at radius 2 is 1.95 bits per heavy atom. The van der Waals surface area contributed by atoms with Crippen LogP contribution in [-0.2, 0) is 10.0 Å². The molecule has 0 amide bonds. The summed E-state index contributed by atoms with van der Waals surface area (Å²) in [5.74, 6) is -0.177. The van der Waals surface area contributed by atoms with Crippen LogP contribution < -0.4 is 4.72 Å². The van der Waals surface area contributed by atoms with E-state index >= 15 is 0 Å². The lowest BCUT2D eigenvalue weighted by Crippen LogP contribution is -2.13. The van der Waals surface area contributed by atoms with Crippen LogP contribution in [0.3, 0.4) is 0 Å². The van der Waals surface area contributed by atoms with Gasteiger partial charge in [-0.2, -0.15) is 5.26 Å². The summed E-state index contributed by atoms with van der Waals surface area (Å²) in [6, 6.07) is 10.3. The number of nitrogens with one attached hydrogen (secondary N) is 1. The lowest BCUT2D eigenvalue weighted by Gasteiger charge is -2.11. The summed E-state index contributed by atoms with van der Waals surface area (Å²) in [4.78, 5) is -0.164. The molecule has 2 aromatic carbocycles. The fourth-order valence-electron chi connectivity index (χ4n) is 1.72. The van der Waals surface area contributed by atoms with Crippen molar-refractivity contribution in [1.29, 1.82) is 5.26 Å². The molecule has 0 atom stereocenters. The van der Waals surface area contributed by atoms with Crippen molar-refractivity contribution in [2.75, 3.05) is 4.72 Å². The molecule has 2 rings (SSSR count). The minimum absolute atomic E-state index is 0.0565. The third kappa shape index (κ3) is 3.27. The van der Waals surface area contributed by atoms with E-state index in [0.717, 1.165) is 5.56 Å². The molecule has 0 saturated heterocycles. The van der Waals surface area contributed by atoms with Crippen molar-refractivity contribution in [2.24, 2.45) is 0 Å². The van der Waals surface area contributed by atoms with Gasteiger partial charge < -0.3 is 5.11 Å². The van der Waals surface area contributed by atoms with Crippen LogP contribution in [0.15, 0.2) is 41.3 Å². The molecule has 2 aromatic rings. The molecule has 0 bridgehead atoms. The van der Waals surface area contributed by atoms with Crippen LogP contribution in [0.1, 0.15) is 11.1 Å². The summed E-state index contributed by atoms with van der Waals surface area (Å²) >= 11 is 5.89. The van der Waals surface area contributed by atoms with Crippen LogP contribution in [0, 0.1) is 18.3 Å². The molecule has 0 aromatic heterocycles. The maximum Gasteiger partial charge on any atom is 0.263 e. The summed E-state index contributed by atoms with van der Waals surface area (Å²) in [5.41, 5.74) is 1.12. The molecule has 0 fully saturated rings. The van der Waals surface area contributed by atoms with Crippen molar-refractivity contribution in [1.82, 2.24) is 0 Å². The zero-order chi connectivity index (χ0) is 15.6. The molecule has 0 aliphatic heterocycles. The second kappa shape index (κ2) is 5.64. The van der Waals surface area contributed by atoms with Crippen LogP contribution in [0.25, 0.3) is 0 Å². The Labute approximate surface area is 127 Å². The molecule has 5 nitrogen and oxygen atoms in total. The summed E-state index contributed by atoms with van der Waals surface area (Å²) < 4.78 is 26.8. The number of sulfonamides is 1. The normalized spacial score (nSPS) is 10.9. The third-order valence-corrected chi connectivity index (χ3v) is 4.60. The quantitative estimate of drug-likeness (QED) is 0.850. The summed E-state index contributed by atoms with van der Waals surface area (Å²) in [7, 11) is -3.96. The lowest BCUT2D eigenvalue weighted by molar-refractivity contribution is 0.477. The number of aryl methyl sites for hydroxylation is 1. The van der Waals surface area contributed by atoms with Crippen LogP contribution >= 0.6 is 11.6 Å². The summed E-state index contributed by atoms with van der Waals surface area (Å²) in [6.07, 6.45) is 0. The predicted octanol–water partition coefficient (Wildman–Crippen LogP) is 3.03. The standard InChI is InChI=1S/C14H11ClN2O3S/c1-9-2-4-12(13(18)6-9)17-21(19,20)14-5-3-10(8-16)7-11(14)15/h2-7,17-18H,1H3. The second-order valence-electron chi connectivity index (χ2n) is 4.38. The number of rotatable bonds is 3. The maximum atomic E-state index is 12.3. The van der Waals surface area contributed by atoms with E-state index in [1.54, 1.807) is 13.0 Å². The minimum atomic E-state index is -3.96. The topological polar surface area (TPSA) is 90.2 Å². The second-order valence-corrected chi connectivity index (χ2v) is 6.44. The molecule has 0 saturated carbocycles. The highest BCUT2D eigenvalue weighted by Gasteiger charge is 2.19. The SMILES string of the molecule is Cc1ccc(NS(=O)(=O)c2ccc(C#N)cc2Cl)c(O)c1. The van der Waals surface area contributed by atoms with E-state index in [-0.39, 0.29) is 26.9 Å². The Bertz CT molecular complexity index is 842. The number of phenolic OH excluding ortho intramolecular Hbond substituents is 1. The van der Waals surface area contributed by atoms with E-state index in [2.05, 4.69) is 4.72 Å². The Kier molecular flexibility index (Phi) is 4.07. The molecule has 0 heterocycles. The highest BCUT2D eigenvalue weighted by Crippen LogP contribution is 2.29. The van der Waals surface area contributed by atoms with Crippen LogP contribution in [0.5, 0.6) is 5.75 Å². The van der Waals surface area contributed by atoms with Crippen LogP contribution in [-0.4, -0.2) is 13.5 Å². The average Bonchev–Trinajstić information content (AvgIpc) is 2.41. The molecule has 7 heteroatoms. The summed E-state index contributed by atoms with van der Waals surface area (Å²) in [5, 5.41) is 18.4. The van der Waals surface area contributed by atoms with E-state index in [0.29, 0.717) is 0 Å². The molecule has 0 aliphatic carbocycles. The van der Waals surface area contributed by atoms with Crippen LogP contribution in [0.4, 0.5) is 5.69 Å². The molecule has 0 unspecified atom stereocenters. The lowest BCUT2D eigenvalue weighted by atomic mass is 10.2. The van der Waals surface area contributed by atoms with Crippen molar-refractivity contribution in [3.63, 3.8) is 0 Å². The number of hydrogen-bond donors (Lipinski definition) is 2.